The van der Waals surface area contributed by atoms with E-state index >= 15 is 0 Å². The van der Waals surface area contributed by atoms with Gasteiger partial charge in [-0.15, -0.1) is 0 Å². The second-order valence-electron chi connectivity index (χ2n) is 9.71. The molecule has 0 bridgehead atoms. The molecule has 2 heterocycles. The number of aromatic amines is 1. The van der Waals surface area contributed by atoms with Gasteiger partial charge >= 0.3 is 0 Å². The maximum absolute atomic E-state index is 14.6. The summed E-state index contributed by atoms with van der Waals surface area (Å²) in [6, 6.07) is 22.8. The summed E-state index contributed by atoms with van der Waals surface area (Å²) >= 11 is 0. The van der Waals surface area contributed by atoms with Crippen LogP contribution in [0.4, 0.5) is 4.39 Å². The number of phenols is 1. The van der Waals surface area contributed by atoms with Gasteiger partial charge in [-0.05, 0) is 47.9 Å². The molecule has 0 amide bonds. The molecule has 3 aromatic carbocycles. The molecule has 1 fully saturated rings. The van der Waals surface area contributed by atoms with Crippen molar-refractivity contribution < 1.29 is 14.6 Å². The van der Waals surface area contributed by atoms with Crippen molar-refractivity contribution in [2.45, 2.75) is 36.8 Å². The molecule has 6 rings (SSSR count). The molecule has 33 heavy (non-hydrogen) atoms. The molecule has 0 radical (unpaired) electrons. The van der Waals surface area contributed by atoms with Gasteiger partial charge < -0.3 is 15.2 Å². The Morgan fingerprint density at radius 2 is 1.79 bits per heavy atom. The molecule has 1 aromatic heterocycles. The van der Waals surface area contributed by atoms with E-state index in [-0.39, 0.29) is 11.6 Å². The van der Waals surface area contributed by atoms with E-state index in [4.69, 9.17) is 0 Å². The molecule has 0 spiro atoms. The number of nitrogens with one attached hydrogen (secondary N) is 1. The molecule has 3 N–H and O–H groups in total. The van der Waals surface area contributed by atoms with Crippen molar-refractivity contribution in [3.63, 3.8) is 0 Å². The second-order valence-corrected chi connectivity index (χ2v) is 9.71. The Kier molecular flexibility index (Phi) is 4.61. The number of rotatable bonds is 3. The molecule has 4 aromatic rings. The number of fused-ring (bicyclic) bond motifs is 4. The zero-order valence-corrected chi connectivity index (χ0v) is 18.4. The fourth-order valence-electron chi connectivity index (χ4n) is 6.19. The summed E-state index contributed by atoms with van der Waals surface area (Å²) in [5.41, 5.74) is 3.04. The first kappa shape index (κ1) is 20.5. The molecule has 0 saturated carbocycles. The molecule has 1 saturated heterocycles. The summed E-state index contributed by atoms with van der Waals surface area (Å²) in [7, 11) is 0. The number of phenolic OH excluding ortho intramolecular Hbond substituents is 1. The topological polar surface area (TPSA) is 59.5 Å². The highest BCUT2D eigenvalue weighted by Crippen LogP contribution is 2.52. The van der Waals surface area contributed by atoms with Crippen LogP contribution in [0.5, 0.6) is 5.75 Å². The maximum Gasteiger partial charge on any atom is 0.147 e. The van der Waals surface area contributed by atoms with Gasteiger partial charge in [0.05, 0.1) is 11.1 Å². The van der Waals surface area contributed by atoms with Crippen molar-refractivity contribution in [3.8, 4) is 5.75 Å². The van der Waals surface area contributed by atoms with Gasteiger partial charge in [0, 0.05) is 42.4 Å². The van der Waals surface area contributed by atoms with Gasteiger partial charge in [-0.1, -0.05) is 54.6 Å². The standard InChI is InChI=1S/C28H27FN2O2/c29-24-11-5-10-22-23-15-28(33)18-31(17-19-6-2-1-3-7-19)13-12-27(28,16-25(23)30-26(22)24)20-8-4-9-21(32)14-20/h1-11,14,30,32-33H,12-13,15-18H2/t27-,28-/m0/s1. The largest absolute Gasteiger partial charge is 0.508 e. The lowest BCUT2D eigenvalue weighted by Gasteiger charge is -2.56. The van der Waals surface area contributed by atoms with Crippen LogP contribution in [0, 0.1) is 5.82 Å². The lowest BCUT2D eigenvalue weighted by Crippen LogP contribution is -2.66. The van der Waals surface area contributed by atoms with Crippen LogP contribution in [0.25, 0.3) is 10.9 Å². The van der Waals surface area contributed by atoms with Gasteiger partial charge in [-0.3, -0.25) is 4.90 Å². The summed E-state index contributed by atoms with van der Waals surface area (Å²) in [5, 5.41) is 23.5. The fourth-order valence-corrected chi connectivity index (χ4v) is 6.19. The fraction of sp³-hybridized carbons (Fsp3) is 0.286. The van der Waals surface area contributed by atoms with Crippen LogP contribution < -0.4 is 0 Å². The van der Waals surface area contributed by atoms with Crippen molar-refractivity contribution >= 4 is 10.9 Å². The Labute approximate surface area is 192 Å². The van der Waals surface area contributed by atoms with Crippen molar-refractivity contribution in [2.75, 3.05) is 13.1 Å². The first-order valence-electron chi connectivity index (χ1n) is 11.5. The molecular weight excluding hydrogens is 415 g/mol. The SMILES string of the molecule is Oc1cccc([C@@]23CCN(Cc4ccccc4)C[C@@]2(O)Cc2c([nH]c4c(F)cccc24)C3)c1. The van der Waals surface area contributed by atoms with Gasteiger partial charge in [0.2, 0.25) is 0 Å². The molecule has 1 aliphatic heterocycles. The van der Waals surface area contributed by atoms with E-state index in [0.29, 0.717) is 24.9 Å². The van der Waals surface area contributed by atoms with E-state index in [2.05, 4.69) is 22.0 Å². The third-order valence-corrected chi connectivity index (χ3v) is 7.81. The van der Waals surface area contributed by atoms with Crippen LogP contribution in [0.3, 0.4) is 0 Å². The van der Waals surface area contributed by atoms with Crippen molar-refractivity contribution in [1.29, 1.82) is 0 Å². The number of benzene rings is 3. The van der Waals surface area contributed by atoms with E-state index in [1.807, 2.05) is 36.4 Å². The highest BCUT2D eigenvalue weighted by atomic mass is 19.1. The van der Waals surface area contributed by atoms with Crippen LogP contribution >= 0.6 is 0 Å². The second kappa shape index (κ2) is 7.44. The predicted molar refractivity (Wildman–Crippen MR) is 127 cm³/mol. The Hall–Kier alpha value is -3.15. The number of likely N-dealkylation sites (tertiary alicyclic amines) is 1. The normalized spacial score (nSPS) is 25.0. The molecule has 2 aliphatic rings. The van der Waals surface area contributed by atoms with Crippen molar-refractivity contribution in [3.05, 3.63) is 101 Å². The lowest BCUT2D eigenvalue weighted by molar-refractivity contribution is -0.105. The minimum Gasteiger partial charge on any atom is -0.508 e. The minimum absolute atomic E-state index is 0.199. The summed E-state index contributed by atoms with van der Waals surface area (Å²) in [4.78, 5) is 5.65. The molecule has 0 unspecified atom stereocenters. The number of nitrogens with zero attached hydrogens (tertiary/aromatic N) is 1. The minimum atomic E-state index is -1.05. The molecule has 1 aliphatic carbocycles. The number of para-hydroxylation sites is 1. The molecule has 5 heteroatoms. The van der Waals surface area contributed by atoms with Gasteiger partial charge in [-0.2, -0.15) is 0 Å². The number of aromatic nitrogens is 1. The number of aromatic hydroxyl groups is 1. The Morgan fingerprint density at radius 3 is 2.61 bits per heavy atom. The van der Waals surface area contributed by atoms with E-state index in [1.54, 1.807) is 18.2 Å². The monoisotopic (exact) mass is 442 g/mol. The molecular formula is C28H27FN2O2. The number of piperidine rings is 1. The van der Waals surface area contributed by atoms with Crippen LogP contribution in [0.2, 0.25) is 0 Å². The summed E-state index contributed by atoms with van der Waals surface area (Å²) in [6.07, 6.45) is 1.76. The third-order valence-electron chi connectivity index (χ3n) is 7.81. The predicted octanol–water partition coefficient (Wildman–Crippen LogP) is 4.69. The maximum atomic E-state index is 14.6. The number of halogens is 1. The number of hydrogen-bond donors (Lipinski definition) is 3. The zero-order valence-electron chi connectivity index (χ0n) is 18.4. The zero-order chi connectivity index (χ0) is 22.6. The smallest absolute Gasteiger partial charge is 0.147 e. The third kappa shape index (κ3) is 3.18. The Morgan fingerprint density at radius 1 is 0.970 bits per heavy atom. The van der Waals surface area contributed by atoms with Gasteiger partial charge in [-0.25, -0.2) is 4.39 Å². The van der Waals surface area contributed by atoms with Crippen LogP contribution in [-0.2, 0) is 24.8 Å². The lowest BCUT2D eigenvalue weighted by atomic mass is 9.56. The first-order chi connectivity index (χ1) is 16.0. The Balaban J connectivity index is 1.47. The first-order valence-corrected chi connectivity index (χ1v) is 11.5. The molecule has 4 nitrogen and oxygen atoms in total. The van der Waals surface area contributed by atoms with Crippen LogP contribution in [0.1, 0.15) is 28.8 Å². The van der Waals surface area contributed by atoms with Gasteiger partial charge in [0.25, 0.3) is 0 Å². The van der Waals surface area contributed by atoms with Gasteiger partial charge in [0.1, 0.15) is 11.6 Å². The van der Waals surface area contributed by atoms with E-state index < -0.39 is 11.0 Å². The number of β-amino-alcohol motifs (C(OH)–C–C–N with tert-alkyl or cyclic N) is 1. The van der Waals surface area contributed by atoms with E-state index in [9.17, 15) is 14.6 Å². The summed E-state index contributed by atoms with van der Waals surface area (Å²) in [5.74, 6) is -0.0709. The van der Waals surface area contributed by atoms with Crippen molar-refractivity contribution in [1.82, 2.24) is 9.88 Å². The average Bonchev–Trinajstić information content (AvgIpc) is 3.16. The molecule has 168 valence electrons. The number of H-pyrrole nitrogens is 1. The molecule has 2 atom stereocenters. The average molecular weight is 443 g/mol. The van der Waals surface area contributed by atoms with Crippen LogP contribution in [-0.4, -0.2) is 38.8 Å². The Bertz CT molecular complexity index is 1330. The van der Waals surface area contributed by atoms with E-state index in [1.165, 1.54) is 11.6 Å². The van der Waals surface area contributed by atoms with Crippen molar-refractivity contribution in [2.24, 2.45) is 0 Å². The van der Waals surface area contributed by atoms with Crippen LogP contribution in [0.15, 0.2) is 72.8 Å². The van der Waals surface area contributed by atoms with E-state index in [0.717, 1.165) is 41.7 Å². The number of aliphatic hydroxyl groups is 1. The highest BCUT2D eigenvalue weighted by molar-refractivity contribution is 5.86. The highest BCUT2D eigenvalue weighted by Gasteiger charge is 2.57. The number of hydrogen-bond acceptors (Lipinski definition) is 3. The summed E-state index contributed by atoms with van der Waals surface area (Å²) < 4.78 is 14.6. The van der Waals surface area contributed by atoms with Gasteiger partial charge in [0.15, 0.2) is 0 Å². The quantitative estimate of drug-likeness (QED) is 0.432. The summed E-state index contributed by atoms with van der Waals surface area (Å²) in [6.45, 7) is 2.12.